The van der Waals surface area contributed by atoms with E-state index in [-0.39, 0.29) is 69.5 Å². The van der Waals surface area contributed by atoms with E-state index in [1.165, 1.54) is 51.7 Å². The number of rotatable bonds is 50. The van der Waals surface area contributed by atoms with Gasteiger partial charge in [-0.2, -0.15) is 11.3 Å². The van der Waals surface area contributed by atoms with Gasteiger partial charge in [-0.1, -0.05) is 152 Å². The topological polar surface area (TPSA) is 588 Å². The van der Waals surface area contributed by atoms with Crippen molar-refractivity contribution in [2.75, 3.05) is 174 Å². The highest BCUT2D eigenvalue weighted by molar-refractivity contribution is 7.90. The van der Waals surface area contributed by atoms with Crippen LogP contribution in [0.1, 0.15) is 249 Å². The molecule has 806 valence electrons. The fraction of sp³-hybridized carbons (Fsp3) is 0.515. The van der Waals surface area contributed by atoms with E-state index in [0.717, 1.165) is 186 Å². The Hall–Kier alpha value is -11.0. The molecule has 2 fully saturated rings. The molecule has 2 saturated heterocycles. The second kappa shape index (κ2) is 66.9. The lowest BCUT2D eigenvalue weighted by Gasteiger charge is -2.36. The van der Waals surface area contributed by atoms with Crippen LogP contribution in [-0.2, 0) is 54.9 Å². The number of primary sulfonamides is 5. The quantitative estimate of drug-likeness (QED) is 0.0168. The molecule has 0 spiro atoms. The molecule has 0 unspecified atom stereocenters. The van der Waals surface area contributed by atoms with Gasteiger partial charge >= 0.3 is 29.8 Å². The van der Waals surface area contributed by atoms with Crippen molar-refractivity contribution < 1.29 is 111 Å². The molecule has 39 nitrogen and oxygen atoms in total. The maximum absolute atomic E-state index is 12.4. The number of hydrogen-bond donors (Lipinski definition) is 12. The predicted molar refractivity (Wildman–Crippen MR) is 571 cm³/mol. The number of nitrogens with two attached hydrogens (primary N) is 5. The highest BCUT2D eigenvalue weighted by Crippen LogP contribution is 2.43. The molecule has 5 aromatic carbocycles. The third kappa shape index (κ3) is 43.8. The number of methoxy groups -OCH3 is 3. The van der Waals surface area contributed by atoms with Crippen molar-refractivity contribution in [2.45, 2.75) is 222 Å². The van der Waals surface area contributed by atoms with Gasteiger partial charge in [0.25, 0.3) is 0 Å². The number of aromatic carboxylic acids is 5. The zero-order valence-electron chi connectivity index (χ0n) is 85.6. The van der Waals surface area contributed by atoms with Crippen molar-refractivity contribution in [1.29, 1.82) is 0 Å². The number of sulfonamides is 5. The van der Waals surface area contributed by atoms with Crippen LogP contribution in [0.5, 0.6) is 17.2 Å². The van der Waals surface area contributed by atoms with E-state index in [0.29, 0.717) is 118 Å². The number of benzene rings is 5. The molecule has 10 rings (SSSR count). The minimum absolute atomic E-state index is 0.0593. The maximum Gasteiger partial charge on any atom is 0.335 e. The van der Waals surface area contributed by atoms with E-state index in [1.807, 2.05) is 90.1 Å². The highest BCUT2D eigenvalue weighted by atomic mass is 32.2. The number of piperazine rings is 1. The molecule has 17 N–H and O–H groups in total. The number of thiophene rings is 1. The highest BCUT2D eigenvalue weighted by Gasteiger charge is 2.34. The van der Waals surface area contributed by atoms with Crippen LogP contribution in [0, 0.1) is 0 Å². The van der Waals surface area contributed by atoms with Crippen LogP contribution in [0.25, 0.3) is 0 Å². The lowest BCUT2D eigenvalue weighted by molar-refractivity contribution is 0.0685. The average molecular weight is 2130 g/mol. The van der Waals surface area contributed by atoms with Crippen molar-refractivity contribution in [3.8, 4) is 17.2 Å². The summed E-state index contributed by atoms with van der Waals surface area (Å²) in [5.41, 5.74) is 3.10. The number of ether oxygens (including phenoxy) is 4. The van der Waals surface area contributed by atoms with E-state index in [4.69, 9.17) is 44.6 Å². The zero-order valence-corrected chi connectivity index (χ0v) is 90.5. The number of unbranched alkanes of at least 4 members (excludes halogenated alkanes) is 10. The smallest absolute Gasteiger partial charge is 0.335 e. The summed E-state index contributed by atoms with van der Waals surface area (Å²) < 4.78 is 142. The minimum Gasteiger partial charge on any atom is -0.493 e. The van der Waals surface area contributed by atoms with E-state index < -0.39 is 80.0 Å². The largest absolute Gasteiger partial charge is 0.493 e. The molecule has 0 radical (unpaired) electrons. The Balaban J connectivity index is 0.000000444. The average Bonchev–Trinajstić information content (AvgIpc) is 0.884. The van der Waals surface area contributed by atoms with Crippen molar-refractivity contribution >= 4 is 131 Å². The van der Waals surface area contributed by atoms with Gasteiger partial charge in [0.05, 0.1) is 102 Å². The Labute approximate surface area is 856 Å². The number of morpholine rings is 1. The number of H-pyrrole nitrogens is 1. The van der Waals surface area contributed by atoms with E-state index in [2.05, 4.69) is 94.3 Å². The number of nitrogens with one attached hydrogen (secondary N) is 2. The molecule has 8 aromatic rings. The van der Waals surface area contributed by atoms with Gasteiger partial charge in [-0.3, -0.25) is 4.98 Å². The first kappa shape index (κ1) is 127. The third-order valence-electron chi connectivity index (χ3n) is 22.4. The molecule has 0 atom stereocenters. The van der Waals surface area contributed by atoms with Gasteiger partial charge in [0, 0.05) is 130 Å². The van der Waals surface area contributed by atoms with Gasteiger partial charge in [0.2, 0.25) is 50.1 Å². The van der Waals surface area contributed by atoms with E-state index >= 15 is 0 Å². The summed E-state index contributed by atoms with van der Waals surface area (Å²) in [4.78, 5) is 77.1. The number of aromatic nitrogens is 2. The fourth-order valence-corrected chi connectivity index (χ4v) is 19.1. The molecule has 2 aliphatic rings. The fourth-order valence-electron chi connectivity index (χ4n) is 14.8. The van der Waals surface area contributed by atoms with Gasteiger partial charge in [-0.05, 0) is 160 Å². The van der Waals surface area contributed by atoms with Crippen molar-refractivity contribution in [2.24, 2.45) is 25.7 Å². The van der Waals surface area contributed by atoms with E-state index in [1.54, 1.807) is 35.9 Å². The molecular weight excluding hydrogens is 1980 g/mol. The Kier molecular flexibility index (Phi) is 59.1. The number of nitrogens with zero attached hydrogens (tertiary/aromatic N) is 8. The number of pyridine rings is 1. The number of aromatic amines is 1. The Morgan fingerprint density at radius 1 is 0.340 bits per heavy atom. The Morgan fingerprint density at radius 3 is 0.750 bits per heavy atom. The summed E-state index contributed by atoms with van der Waals surface area (Å²) in [5, 5.41) is 81.1. The SMILES string of the molecule is CCCCN(CCCC)c1cc(C(=O)O)cc(S(N)(=O)=O)c1N1CCNCC1.CCCCN(CCCC)c1cc(C(=O)O)cc(S(N)(=O)=O)c1N1CCOCC1.CCCCN(CCCC)c1cc(C(=O)O)cc(S(N)(=O)=O)c1OC.CCCCN(CCCC)c1cc(C(=O)O)cc(S(N)(=O)=O)c1OC.CCCCN(CCCC)c1cc(C(=O)O)cc(S(N)(=O)=O)c1OC.c1cc[nH]c1.c1ccncc1.c1ccsc1. The Bertz CT molecular complexity index is 5230. The van der Waals surface area contributed by atoms with Crippen LogP contribution in [-0.4, -0.2) is 247 Å². The first-order chi connectivity index (χ1) is 68.3. The molecule has 3 aromatic heterocycles. The van der Waals surface area contributed by atoms with Gasteiger partial charge in [0.15, 0.2) is 17.2 Å². The van der Waals surface area contributed by atoms with Gasteiger partial charge in [-0.15, -0.1) is 0 Å². The lowest BCUT2D eigenvalue weighted by atomic mass is 10.1. The Morgan fingerprint density at radius 2 is 0.569 bits per heavy atom. The zero-order chi connectivity index (χ0) is 108. The summed E-state index contributed by atoms with van der Waals surface area (Å²) in [7, 11) is -16.5. The monoisotopic (exact) mass is 2130 g/mol. The van der Waals surface area contributed by atoms with Crippen LogP contribution >= 0.6 is 11.3 Å². The molecule has 0 saturated carbocycles. The van der Waals surface area contributed by atoms with Gasteiger partial charge in [-0.25, -0.2) is 91.8 Å². The number of anilines is 7. The standard InChI is InChI=1S/C19H32N4O4S.C19H31N3O5S.3C16H26N2O5S.C5H5N.C4H5N.C4H4S/c1-3-5-9-22(10-6-4-2)16-13-15(19(24)25)14-17(28(20,26)27)18(16)23-11-7-21-8-12-23;1-3-5-7-21(8-6-4-2)16-13-15(19(23)24)14-17(28(20,25)26)18(16)22-9-11-27-12-10-22;3*1-4-6-8-18(9-7-5-2)13-10-12(16(19)20)11-14(15(13)23-3)24(17,21)22;1-2-4-6-5-3-1;2*1-2-4-5-3-1/h13-14,21H,3-12H2,1-2H3,(H,24,25)(H2,20,26,27);13-14H,3-12H2,1-2H3,(H,23,24)(H2,20,25,26);3*10-11H,4-9H2,1-3H3,(H,19,20)(H2,17,21,22);1-5H;1-5H;1-4H. The lowest BCUT2D eigenvalue weighted by Crippen LogP contribution is -2.45. The predicted octanol–water partition coefficient (Wildman–Crippen LogP) is 15.3. The summed E-state index contributed by atoms with van der Waals surface area (Å²) in [6.45, 7) is 32.4. The van der Waals surface area contributed by atoms with Gasteiger partial charge in [0.1, 0.15) is 24.5 Å². The van der Waals surface area contributed by atoms with Crippen LogP contribution in [0.4, 0.5) is 39.8 Å². The molecule has 45 heteroatoms. The van der Waals surface area contributed by atoms with E-state index in [9.17, 15) is 91.6 Å². The van der Waals surface area contributed by atoms with Crippen molar-refractivity contribution in [1.82, 2.24) is 15.3 Å². The molecule has 0 bridgehead atoms. The summed E-state index contributed by atoms with van der Waals surface area (Å²) in [6, 6.07) is 26.6. The summed E-state index contributed by atoms with van der Waals surface area (Å²) in [5.74, 6) is -5.70. The molecule has 5 heterocycles. The minimum atomic E-state index is -4.11. The maximum atomic E-state index is 12.4. The first-order valence-corrected chi connectivity index (χ1v) is 57.3. The number of carbonyl (C=O) groups is 5. The molecule has 144 heavy (non-hydrogen) atoms. The molecule has 0 amide bonds. The molecule has 2 aliphatic heterocycles. The molecular formula is C99H155N15O24S6. The van der Waals surface area contributed by atoms with Crippen molar-refractivity contribution in [3.63, 3.8) is 0 Å². The second-order valence-corrected chi connectivity index (χ2v) is 42.0. The van der Waals surface area contributed by atoms with Crippen LogP contribution in [0.2, 0.25) is 0 Å². The summed E-state index contributed by atoms with van der Waals surface area (Å²) in [6.07, 6.45) is 26.1. The number of carboxylic acid groups (broad SMARTS) is 5. The van der Waals surface area contributed by atoms with Crippen molar-refractivity contribution in [3.05, 3.63) is 166 Å². The van der Waals surface area contributed by atoms with Crippen LogP contribution in [0.15, 0.2) is 163 Å². The third-order valence-corrected chi connectivity index (χ3v) is 27.6. The van der Waals surface area contributed by atoms with Gasteiger partial charge < -0.3 is 89.1 Å². The second-order valence-electron chi connectivity index (χ2n) is 33.5. The summed E-state index contributed by atoms with van der Waals surface area (Å²) >= 11 is 1.71. The van der Waals surface area contributed by atoms with Crippen LogP contribution in [0.3, 0.4) is 0 Å². The normalized spacial score (nSPS) is 12.3. The van der Waals surface area contributed by atoms with Crippen LogP contribution < -0.4 is 79.5 Å². The number of carboxylic acids is 5. The first-order valence-electron chi connectivity index (χ1n) is 48.6. The molecule has 0 aliphatic carbocycles. The number of hydrogen-bond acceptors (Lipinski definition) is 29.